The van der Waals surface area contributed by atoms with E-state index < -0.39 is 5.60 Å². The molecule has 0 radical (unpaired) electrons. The van der Waals surface area contributed by atoms with E-state index in [1.54, 1.807) is 12.0 Å². The first-order valence-electron chi connectivity index (χ1n) is 15.9. The molecule has 1 aromatic heterocycles. The molecule has 3 aromatic rings. The second-order valence-electron chi connectivity index (χ2n) is 13.2. The number of nitrogens with zero attached hydrogens (tertiary/aromatic N) is 6. The van der Waals surface area contributed by atoms with Crippen molar-refractivity contribution >= 4 is 28.4 Å². The van der Waals surface area contributed by atoms with Gasteiger partial charge in [0.25, 0.3) is 0 Å². The summed E-state index contributed by atoms with van der Waals surface area (Å²) < 4.78 is 17.8. The smallest absolute Gasteiger partial charge is 0.410 e. The molecule has 1 amide bonds. The molecule has 10 heteroatoms. The van der Waals surface area contributed by atoms with Gasteiger partial charge in [0.15, 0.2) is 0 Å². The third kappa shape index (κ3) is 6.22. The fourth-order valence-corrected chi connectivity index (χ4v) is 6.72. The summed E-state index contributed by atoms with van der Waals surface area (Å²) in [7, 11) is 3.89. The zero-order valence-corrected chi connectivity index (χ0v) is 27.1. The normalized spacial score (nSPS) is 19.3. The fourth-order valence-electron chi connectivity index (χ4n) is 6.72. The number of aromatic nitrogens is 2. The maximum Gasteiger partial charge on any atom is 0.410 e. The summed E-state index contributed by atoms with van der Waals surface area (Å²) in [5, 5.41) is 2.37. The van der Waals surface area contributed by atoms with Crippen LogP contribution in [0.4, 0.5) is 16.3 Å². The molecule has 0 aliphatic carbocycles. The first-order chi connectivity index (χ1) is 21.1. The highest BCUT2D eigenvalue weighted by Crippen LogP contribution is 2.40. The van der Waals surface area contributed by atoms with Crippen LogP contribution in [0.3, 0.4) is 0 Å². The van der Waals surface area contributed by atoms with E-state index in [4.69, 9.17) is 24.2 Å². The topological polar surface area (TPSA) is 83.5 Å². The van der Waals surface area contributed by atoms with Crippen LogP contribution in [-0.4, -0.2) is 97.5 Å². The number of hydrogen-bond acceptors (Lipinski definition) is 9. The summed E-state index contributed by atoms with van der Waals surface area (Å²) in [6.07, 6.45) is 2.86. The number of benzene rings is 2. The van der Waals surface area contributed by atoms with Gasteiger partial charge in [-0.1, -0.05) is 24.3 Å². The average Bonchev–Trinajstić information content (AvgIpc) is 3.42. The fraction of sp³-hybridized carbons (Fsp3) is 0.559. The van der Waals surface area contributed by atoms with Crippen molar-refractivity contribution < 1.29 is 19.0 Å². The Balaban J connectivity index is 1.30. The lowest BCUT2D eigenvalue weighted by Gasteiger charge is -2.38. The summed E-state index contributed by atoms with van der Waals surface area (Å²) in [6.45, 7) is 13.5. The van der Waals surface area contributed by atoms with Gasteiger partial charge in [-0.3, -0.25) is 0 Å². The van der Waals surface area contributed by atoms with E-state index in [0.29, 0.717) is 51.4 Å². The van der Waals surface area contributed by atoms with E-state index in [1.165, 1.54) is 23.1 Å². The predicted molar refractivity (Wildman–Crippen MR) is 173 cm³/mol. The number of hydrogen-bond donors (Lipinski definition) is 0. The van der Waals surface area contributed by atoms with Crippen LogP contribution in [0.1, 0.15) is 50.4 Å². The van der Waals surface area contributed by atoms with Gasteiger partial charge in [0.05, 0.1) is 25.0 Å². The van der Waals surface area contributed by atoms with Crippen molar-refractivity contribution in [2.75, 3.05) is 69.8 Å². The zero-order chi connectivity index (χ0) is 31.0. The Morgan fingerprint density at radius 2 is 1.80 bits per heavy atom. The predicted octanol–water partition coefficient (Wildman–Crippen LogP) is 5.04. The largest absolute Gasteiger partial charge is 0.496 e. The quantitative estimate of drug-likeness (QED) is 0.385. The molecule has 2 fully saturated rings. The SMILES string of the molecule is COc1cc2ccccc2c(N2CCc3c(nc(OC[C@@H]4CCCN4C)nc3N3CCN(C(=O)OC(C)(C)C)CC3)C2)c1C. The minimum Gasteiger partial charge on any atom is -0.496 e. The van der Waals surface area contributed by atoms with Crippen molar-refractivity contribution in [1.82, 2.24) is 19.8 Å². The number of likely N-dealkylation sites (tertiary alicyclic amines) is 1. The monoisotopic (exact) mass is 602 g/mol. The number of ether oxygens (including phenoxy) is 3. The second-order valence-corrected chi connectivity index (χ2v) is 13.2. The number of fused-ring (bicyclic) bond motifs is 2. The van der Waals surface area contributed by atoms with Gasteiger partial charge in [0.1, 0.15) is 23.8 Å². The van der Waals surface area contributed by atoms with Gasteiger partial charge in [0, 0.05) is 55.3 Å². The Bertz CT molecular complexity index is 1510. The molecule has 0 spiro atoms. The molecule has 3 aliphatic heterocycles. The molecule has 0 saturated carbocycles. The van der Waals surface area contributed by atoms with E-state index in [-0.39, 0.29) is 6.09 Å². The van der Waals surface area contributed by atoms with Crippen LogP contribution in [0.5, 0.6) is 11.8 Å². The molecular weight excluding hydrogens is 556 g/mol. The summed E-state index contributed by atoms with van der Waals surface area (Å²) in [5.74, 6) is 1.82. The van der Waals surface area contributed by atoms with Gasteiger partial charge in [-0.25, -0.2) is 4.79 Å². The molecule has 6 rings (SSSR count). The highest BCUT2D eigenvalue weighted by atomic mass is 16.6. The Kier molecular flexibility index (Phi) is 8.46. The third-order valence-electron chi connectivity index (χ3n) is 9.09. The number of methoxy groups -OCH3 is 1. The summed E-state index contributed by atoms with van der Waals surface area (Å²) >= 11 is 0. The average molecular weight is 603 g/mol. The maximum atomic E-state index is 12.7. The van der Waals surface area contributed by atoms with Gasteiger partial charge in [0.2, 0.25) is 0 Å². The lowest BCUT2D eigenvalue weighted by Crippen LogP contribution is -2.50. The number of anilines is 2. The van der Waals surface area contributed by atoms with E-state index in [9.17, 15) is 4.79 Å². The minimum absolute atomic E-state index is 0.261. The standard InChI is InChI=1S/C34H46N6O4/c1-23-29(42-6)20-24-10-7-8-12-26(24)30(23)40-15-13-27-28(21-40)35-32(43-22-25-11-9-14-37(25)5)36-31(27)38-16-18-39(19-17-38)33(41)44-34(2,3)4/h7-8,10,12,20,25H,9,11,13-19,21-22H2,1-6H3/t25-/m0/s1. The summed E-state index contributed by atoms with van der Waals surface area (Å²) in [4.78, 5) is 31.7. The Morgan fingerprint density at radius 3 is 2.50 bits per heavy atom. The van der Waals surface area contributed by atoms with Crippen LogP contribution >= 0.6 is 0 Å². The van der Waals surface area contributed by atoms with Gasteiger partial charge in [-0.15, -0.1) is 0 Å². The first-order valence-corrected chi connectivity index (χ1v) is 15.9. The molecule has 0 unspecified atom stereocenters. The van der Waals surface area contributed by atoms with Gasteiger partial charge >= 0.3 is 12.1 Å². The van der Waals surface area contributed by atoms with Crippen LogP contribution < -0.4 is 19.3 Å². The van der Waals surface area contributed by atoms with Crippen LogP contribution in [-0.2, 0) is 17.7 Å². The number of likely N-dealkylation sites (N-methyl/N-ethyl adjacent to an activating group) is 1. The Labute approximate surface area is 260 Å². The highest BCUT2D eigenvalue weighted by molar-refractivity contribution is 5.98. The molecule has 2 aromatic carbocycles. The first kappa shape index (κ1) is 30.2. The van der Waals surface area contributed by atoms with E-state index in [2.05, 4.69) is 59.0 Å². The molecule has 10 nitrogen and oxygen atoms in total. The molecule has 236 valence electrons. The number of piperazine rings is 1. The van der Waals surface area contributed by atoms with Crippen molar-refractivity contribution in [2.24, 2.45) is 0 Å². The molecule has 3 aliphatic rings. The van der Waals surface area contributed by atoms with Crippen LogP contribution in [0.25, 0.3) is 10.8 Å². The molecule has 0 bridgehead atoms. The molecular formula is C34H46N6O4. The Morgan fingerprint density at radius 1 is 1.02 bits per heavy atom. The number of carbonyl (C=O) groups excluding carboxylic acids is 1. The lowest BCUT2D eigenvalue weighted by atomic mass is 9.98. The number of rotatable bonds is 6. The molecule has 1 atom stereocenters. The van der Waals surface area contributed by atoms with Crippen molar-refractivity contribution in [3.05, 3.63) is 47.2 Å². The van der Waals surface area contributed by atoms with Gasteiger partial charge in [-0.2, -0.15) is 9.97 Å². The number of carbonyl (C=O) groups is 1. The van der Waals surface area contributed by atoms with Gasteiger partial charge in [-0.05, 0) is 72.0 Å². The zero-order valence-electron chi connectivity index (χ0n) is 27.1. The minimum atomic E-state index is -0.516. The van der Waals surface area contributed by atoms with E-state index in [0.717, 1.165) is 54.1 Å². The van der Waals surface area contributed by atoms with E-state index >= 15 is 0 Å². The molecule has 2 saturated heterocycles. The van der Waals surface area contributed by atoms with Crippen LogP contribution in [0.2, 0.25) is 0 Å². The lowest BCUT2D eigenvalue weighted by molar-refractivity contribution is 0.0240. The summed E-state index contributed by atoms with van der Waals surface area (Å²) in [5.41, 5.74) is 3.96. The van der Waals surface area contributed by atoms with Crippen molar-refractivity contribution in [3.8, 4) is 11.8 Å². The summed E-state index contributed by atoms with van der Waals surface area (Å²) in [6, 6.07) is 11.4. The third-order valence-corrected chi connectivity index (χ3v) is 9.09. The van der Waals surface area contributed by atoms with Gasteiger partial charge < -0.3 is 33.8 Å². The van der Waals surface area contributed by atoms with Crippen molar-refractivity contribution in [2.45, 2.75) is 65.1 Å². The maximum absolute atomic E-state index is 12.7. The molecule has 44 heavy (non-hydrogen) atoms. The van der Waals surface area contributed by atoms with Crippen molar-refractivity contribution in [1.29, 1.82) is 0 Å². The molecule has 0 N–H and O–H groups in total. The van der Waals surface area contributed by atoms with Crippen LogP contribution in [0.15, 0.2) is 30.3 Å². The van der Waals surface area contributed by atoms with E-state index in [1.807, 2.05) is 20.8 Å². The molecule has 4 heterocycles. The second kappa shape index (κ2) is 12.3. The number of amides is 1. The van der Waals surface area contributed by atoms with Crippen molar-refractivity contribution in [3.63, 3.8) is 0 Å². The highest BCUT2D eigenvalue weighted by Gasteiger charge is 2.32. The Hall–Kier alpha value is -3.79. The van der Waals surface area contributed by atoms with Crippen LogP contribution in [0, 0.1) is 6.92 Å².